The zero-order valence-electron chi connectivity index (χ0n) is 15.7. The number of fused-ring (bicyclic) bond motifs is 1. The topological polar surface area (TPSA) is 114 Å². The summed E-state index contributed by atoms with van der Waals surface area (Å²) in [5.74, 6) is -0.908. The number of benzene rings is 1. The van der Waals surface area contributed by atoms with Crippen LogP contribution in [0.4, 0.5) is 9.59 Å². The molecule has 1 atom stereocenters. The summed E-state index contributed by atoms with van der Waals surface area (Å²) in [7, 11) is 1.19. The third-order valence-corrected chi connectivity index (χ3v) is 3.68. The number of imide groups is 1. The van der Waals surface area contributed by atoms with Crippen molar-refractivity contribution in [3.8, 4) is 0 Å². The molecule has 1 heterocycles. The van der Waals surface area contributed by atoms with Gasteiger partial charge < -0.3 is 20.1 Å². The molecule has 0 fully saturated rings. The van der Waals surface area contributed by atoms with E-state index in [1.165, 1.54) is 7.11 Å². The van der Waals surface area contributed by atoms with Gasteiger partial charge in [0, 0.05) is 6.54 Å². The number of rotatable bonds is 5. The molecule has 1 aromatic carbocycles. The van der Waals surface area contributed by atoms with Crippen molar-refractivity contribution in [1.29, 1.82) is 0 Å². The summed E-state index contributed by atoms with van der Waals surface area (Å²) in [5, 5.41) is 5.01. The molecule has 0 radical (unpaired) electrons. The van der Waals surface area contributed by atoms with E-state index in [1.807, 2.05) is 0 Å². The number of amides is 4. The van der Waals surface area contributed by atoms with E-state index < -0.39 is 35.6 Å². The van der Waals surface area contributed by atoms with Gasteiger partial charge in [0.05, 0.1) is 30.8 Å². The lowest BCUT2D eigenvalue weighted by Gasteiger charge is -2.25. The SMILES string of the molecule is COC(=O)N[C@H](CNC(=O)OC(C)(C)C)CN1C(=O)c2ccccc2C1=O. The van der Waals surface area contributed by atoms with Gasteiger partial charge in [-0.2, -0.15) is 0 Å². The molecule has 4 amide bonds. The van der Waals surface area contributed by atoms with Crippen LogP contribution in [-0.2, 0) is 9.47 Å². The van der Waals surface area contributed by atoms with Crippen molar-refractivity contribution in [3.05, 3.63) is 35.4 Å². The molecule has 27 heavy (non-hydrogen) atoms. The Morgan fingerprint density at radius 3 is 2.11 bits per heavy atom. The predicted octanol–water partition coefficient (Wildman–Crippen LogP) is 1.53. The number of nitrogens with one attached hydrogen (secondary N) is 2. The lowest BCUT2D eigenvalue weighted by molar-refractivity contribution is 0.0517. The number of hydrogen-bond donors (Lipinski definition) is 2. The van der Waals surface area contributed by atoms with E-state index in [2.05, 4.69) is 15.4 Å². The largest absolute Gasteiger partial charge is 0.453 e. The Morgan fingerprint density at radius 2 is 1.63 bits per heavy atom. The first-order chi connectivity index (χ1) is 12.6. The predicted molar refractivity (Wildman–Crippen MR) is 95.4 cm³/mol. The molecule has 0 saturated carbocycles. The standard InChI is InChI=1S/C18H23N3O6/c1-18(2,3)27-16(24)19-9-11(20-17(25)26-4)10-21-14(22)12-7-5-6-8-13(12)15(21)23/h5-8,11H,9-10H2,1-4H3,(H,19,24)(H,20,25)/t11-/m1/s1. The Morgan fingerprint density at radius 1 is 1.07 bits per heavy atom. The lowest BCUT2D eigenvalue weighted by Crippen LogP contribution is -2.51. The second-order valence-electron chi connectivity index (χ2n) is 6.98. The summed E-state index contributed by atoms with van der Waals surface area (Å²) >= 11 is 0. The fraction of sp³-hybridized carbons (Fsp3) is 0.444. The van der Waals surface area contributed by atoms with Crippen molar-refractivity contribution in [2.75, 3.05) is 20.2 Å². The summed E-state index contributed by atoms with van der Waals surface area (Å²) < 4.78 is 9.71. The van der Waals surface area contributed by atoms with Gasteiger partial charge in [0.15, 0.2) is 0 Å². The van der Waals surface area contributed by atoms with E-state index in [0.29, 0.717) is 11.1 Å². The molecule has 0 saturated heterocycles. The molecular weight excluding hydrogens is 354 g/mol. The zero-order valence-corrected chi connectivity index (χ0v) is 15.7. The second-order valence-corrected chi connectivity index (χ2v) is 6.98. The smallest absolute Gasteiger partial charge is 0.407 e. The van der Waals surface area contributed by atoms with Gasteiger partial charge in [0.1, 0.15) is 5.60 Å². The van der Waals surface area contributed by atoms with Crippen molar-refractivity contribution in [3.63, 3.8) is 0 Å². The summed E-state index contributed by atoms with van der Waals surface area (Å²) in [6.07, 6.45) is -1.43. The van der Waals surface area contributed by atoms with Gasteiger partial charge in [-0.05, 0) is 32.9 Å². The quantitative estimate of drug-likeness (QED) is 0.752. The van der Waals surface area contributed by atoms with Crippen LogP contribution >= 0.6 is 0 Å². The molecule has 1 aromatic rings. The van der Waals surface area contributed by atoms with E-state index in [9.17, 15) is 19.2 Å². The fourth-order valence-electron chi connectivity index (χ4n) is 2.53. The first-order valence-electron chi connectivity index (χ1n) is 8.39. The Balaban J connectivity index is 2.07. The minimum absolute atomic E-state index is 0.0581. The molecule has 0 spiro atoms. The molecule has 9 heteroatoms. The van der Waals surface area contributed by atoms with Gasteiger partial charge in [0.25, 0.3) is 11.8 Å². The fourth-order valence-corrected chi connectivity index (χ4v) is 2.53. The van der Waals surface area contributed by atoms with Gasteiger partial charge in [-0.3, -0.25) is 14.5 Å². The number of nitrogens with zero attached hydrogens (tertiary/aromatic N) is 1. The first-order valence-corrected chi connectivity index (χ1v) is 8.39. The normalized spacial score (nSPS) is 14.4. The van der Waals surface area contributed by atoms with Crippen LogP contribution in [0.3, 0.4) is 0 Å². The molecule has 2 rings (SSSR count). The minimum Gasteiger partial charge on any atom is -0.453 e. The Labute approximate surface area is 157 Å². The van der Waals surface area contributed by atoms with Crippen LogP contribution in [0.15, 0.2) is 24.3 Å². The van der Waals surface area contributed by atoms with E-state index in [0.717, 1.165) is 4.90 Å². The Hall–Kier alpha value is -3.10. The van der Waals surface area contributed by atoms with Crippen molar-refractivity contribution < 1.29 is 28.7 Å². The average molecular weight is 377 g/mol. The number of carbonyl (C=O) groups is 4. The van der Waals surface area contributed by atoms with Gasteiger partial charge in [0.2, 0.25) is 0 Å². The maximum absolute atomic E-state index is 12.5. The van der Waals surface area contributed by atoms with Crippen LogP contribution < -0.4 is 10.6 Å². The molecule has 1 aliphatic heterocycles. The Kier molecular flexibility index (Phi) is 6.04. The van der Waals surface area contributed by atoms with Gasteiger partial charge in [-0.25, -0.2) is 9.59 Å². The molecule has 0 aliphatic carbocycles. The monoisotopic (exact) mass is 377 g/mol. The molecular formula is C18H23N3O6. The number of methoxy groups -OCH3 is 1. The highest BCUT2D eigenvalue weighted by atomic mass is 16.6. The molecule has 9 nitrogen and oxygen atoms in total. The number of ether oxygens (including phenoxy) is 2. The molecule has 0 bridgehead atoms. The number of alkyl carbamates (subject to hydrolysis) is 2. The third-order valence-electron chi connectivity index (χ3n) is 3.68. The Bertz CT molecular complexity index is 721. The van der Waals surface area contributed by atoms with E-state index >= 15 is 0 Å². The van der Waals surface area contributed by atoms with Crippen LogP contribution in [0.25, 0.3) is 0 Å². The lowest BCUT2D eigenvalue weighted by atomic mass is 10.1. The summed E-state index contributed by atoms with van der Waals surface area (Å²) in [6, 6.07) is 5.71. The molecule has 1 aliphatic rings. The highest BCUT2D eigenvalue weighted by Gasteiger charge is 2.36. The maximum atomic E-state index is 12.5. The highest BCUT2D eigenvalue weighted by Crippen LogP contribution is 2.22. The highest BCUT2D eigenvalue weighted by molar-refractivity contribution is 6.21. The van der Waals surface area contributed by atoms with Crippen LogP contribution in [0.1, 0.15) is 41.5 Å². The van der Waals surface area contributed by atoms with Gasteiger partial charge in [-0.1, -0.05) is 12.1 Å². The van der Waals surface area contributed by atoms with Crippen LogP contribution in [-0.4, -0.2) is 60.7 Å². The van der Waals surface area contributed by atoms with E-state index in [1.54, 1.807) is 45.0 Å². The van der Waals surface area contributed by atoms with E-state index in [4.69, 9.17) is 4.74 Å². The number of carbonyl (C=O) groups excluding carboxylic acids is 4. The maximum Gasteiger partial charge on any atom is 0.407 e. The van der Waals surface area contributed by atoms with Crippen molar-refractivity contribution in [2.24, 2.45) is 0 Å². The second kappa shape index (κ2) is 8.07. The minimum atomic E-state index is -0.757. The summed E-state index contributed by atoms with van der Waals surface area (Å²) in [4.78, 5) is 49.4. The van der Waals surface area contributed by atoms with Gasteiger partial charge >= 0.3 is 12.2 Å². The number of hydrogen-bond acceptors (Lipinski definition) is 6. The molecule has 0 unspecified atom stereocenters. The van der Waals surface area contributed by atoms with Crippen LogP contribution in [0.5, 0.6) is 0 Å². The van der Waals surface area contributed by atoms with Crippen LogP contribution in [0.2, 0.25) is 0 Å². The first kappa shape index (κ1) is 20.2. The van der Waals surface area contributed by atoms with Crippen LogP contribution in [0, 0.1) is 0 Å². The van der Waals surface area contributed by atoms with E-state index in [-0.39, 0.29) is 13.1 Å². The molecule has 0 aromatic heterocycles. The van der Waals surface area contributed by atoms with Gasteiger partial charge in [-0.15, -0.1) is 0 Å². The average Bonchev–Trinajstić information content (AvgIpc) is 2.83. The van der Waals surface area contributed by atoms with Crippen molar-refractivity contribution in [1.82, 2.24) is 15.5 Å². The summed E-state index contributed by atoms with van der Waals surface area (Å²) in [6.45, 7) is 4.97. The molecule has 2 N–H and O–H groups in total. The summed E-state index contributed by atoms with van der Waals surface area (Å²) in [5.41, 5.74) is -0.0726. The third kappa shape index (κ3) is 5.19. The van der Waals surface area contributed by atoms with Crippen molar-refractivity contribution >= 4 is 24.0 Å². The molecule has 146 valence electrons. The zero-order chi connectivity index (χ0) is 20.2. The van der Waals surface area contributed by atoms with Crippen molar-refractivity contribution in [2.45, 2.75) is 32.4 Å².